The maximum absolute atomic E-state index is 9.55. The Hall–Kier alpha value is -2.60. The van der Waals surface area contributed by atoms with E-state index in [0.29, 0.717) is 18.1 Å². The third kappa shape index (κ3) is 5.74. The molecule has 1 aromatic carbocycles. The molecule has 1 fully saturated rings. The van der Waals surface area contributed by atoms with Gasteiger partial charge in [-0.1, -0.05) is 19.1 Å². The van der Waals surface area contributed by atoms with E-state index in [0.717, 1.165) is 0 Å². The molecule has 3 rings (SSSR count). The molecule has 6 heteroatoms. The average Bonchev–Trinajstić information content (AvgIpc) is 3.10. The van der Waals surface area contributed by atoms with Crippen LogP contribution in [0, 0.1) is 0 Å². The fourth-order valence-corrected chi connectivity index (χ4v) is 3.44. The summed E-state index contributed by atoms with van der Waals surface area (Å²) in [5.74, 6) is -1.80. The molecule has 1 saturated heterocycles. The van der Waals surface area contributed by atoms with Crippen LogP contribution >= 0.6 is 0 Å². The highest BCUT2D eigenvalue weighted by Gasteiger charge is 2.22. The summed E-state index contributed by atoms with van der Waals surface area (Å²) in [6, 6.07) is 8.90. The molecule has 1 atom stereocenters. The Morgan fingerprint density at radius 2 is 1.96 bits per heavy atom. The number of nitrogens with one attached hydrogen (secondary N) is 1. The van der Waals surface area contributed by atoms with E-state index in [1.807, 2.05) is 0 Å². The maximum Gasteiger partial charge on any atom is 0.328 e. The van der Waals surface area contributed by atoms with Crippen molar-refractivity contribution in [2.75, 3.05) is 19.6 Å². The van der Waals surface area contributed by atoms with Crippen LogP contribution in [-0.2, 0) is 9.59 Å². The number of rotatable bonds is 5. The molecular formula is C20H26N2O4. The minimum absolute atomic E-state index is 0.558. The van der Waals surface area contributed by atoms with Crippen LogP contribution in [0.15, 0.2) is 42.6 Å². The van der Waals surface area contributed by atoms with E-state index < -0.39 is 11.9 Å². The molecule has 1 unspecified atom stereocenters. The molecule has 0 amide bonds. The van der Waals surface area contributed by atoms with Gasteiger partial charge in [0.25, 0.3) is 0 Å². The normalized spacial score (nSPS) is 17.8. The van der Waals surface area contributed by atoms with Crippen LogP contribution in [0.3, 0.4) is 0 Å². The number of carboxylic acids is 2. The summed E-state index contributed by atoms with van der Waals surface area (Å²) >= 11 is 0. The first kappa shape index (κ1) is 19.7. The van der Waals surface area contributed by atoms with Crippen molar-refractivity contribution in [3.8, 4) is 0 Å². The van der Waals surface area contributed by atoms with Gasteiger partial charge >= 0.3 is 11.9 Å². The molecule has 0 aliphatic carbocycles. The predicted octanol–water partition coefficient (Wildman–Crippen LogP) is 3.47. The highest BCUT2D eigenvalue weighted by atomic mass is 16.4. The summed E-state index contributed by atoms with van der Waals surface area (Å²) in [5.41, 5.74) is 2.81. The van der Waals surface area contributed by atoms with Crippen molar-refractivity contribution in [3.05, 3.63) is 48.2 Å². The first-order valence-corrected chi connectivity index (χ1v) is 8.93. The number of carboxylic acid groups (broad SMARTS) is 2. The highest BCUT2D eigenvalue weighted by molar-refractivity contribution is 5.89. The Kier molecular flexibility index (Phi) is 7.41. The van der Waals surface area contributed by atoms with Crippen molar-refractivity contribution in [2.45, 2.75) is 32.1 Å². The van der Waals surface area contributed by atoms with Crippen molar-refractivity contribution in [1.82, 2.24) is 9.88 Å². The van der Waals surface area contributed by atoms with Crippen molar-refractivity contribution < 1.29 is 19.8 Å². The van der Waals surface area contributed by atoms with Gasteiger partial charge in [-0.2, -0.15) is 0 Å². The lowest BCUT2D eigenvalue weighted by Crippen LogP contribution is -2.34. The zero-order valence-electron chi connectivity index (χ0n) is 15.0. The number of carbonyl (C=O) groups is 2. The molecular weight excluding hydrogens is 332 g/mol. The molecule has 6 nitrogen and oxygen atoms in total. The fourth-order valence-electron chi connectivity index (χ4n) is 3.44. The molecule has 0 spiro atoms. The molecule has 0 radical (unpaired) electrons. The molecule has 140 valence electrons. The highest BCUT2D eigenvalue weighted by Crippen LogP contribution is 2.31. The van der Waals surface area contributed by atoms with Gasteiger partial charge in [-0.15, -0.1) is 0 Å². The van der Waals surface area contributed by atoms with E-state index in [4.69, 9.17) is 10.2 Å². The Labute approximate surface area is 153 Å². The van der Waals surface area contributed by atoms with Gasteiger partial charge in [-0.05, 0) is 56.0 Å². The number of piperidine rings is 1. The minimum Gasteiger partial charge on any atom is -0.478 e. The second-order valence-electron chi connectivity index (χ2n) is 6.44. The van der Waals surface area contributed by atoms with Crippen molar-refractivity contribution >= 4 is 22.8 Å². The summed E-state index contributed by atoms with van der Waals surface area (Å²) in [4.78, 5) is 25.1. The number of aromatic amines is 1. The van der Waals surface area contributed by atoms with Gasteiger partial charge in [0.05, 0.1) is 0 Å². The van der Waals surface area contributed by atoms with Gasteiger partial charge in [-0.3, -0.25) is 0 Å². The van der Waals surface area contributed by atoms with Gasteiger partial charge in [0.1, 0.15) is 0 Å². The lowest BCUT2D eigenvalue weighted by atomic mass is 9.88. The zero-order valence-corrected chi connectivity index (χ0v) is 15.0. The fraction of sp³-hybridized carbons (Fsp3) is 0.400. The largest absolute Gasteiger partial charge is 0.478 e. The van der Waals surface area contributed by atoms with Crippen LogP contribution in [-0.4, -0.2) is 51.7 Å². The number of nitrogens with zero attached hydrogens (tertiary/aromatic N) is 1. The van der Waals surface area contributed by atoms with E-state index in [9.17, 15) is 9.59 Å². The standard InChI is InChI=1S/C16H22N2.C4H4O4/c1-2-10-18-11-4-5-13(12-18)14-6-3-7-16-15(14)8-9-17-16;5-3(6)1-2-4(7)8/h3,6-9,13,17H,2,4-5,10-12H2,1H3;1-2H,(H,5,6)(H,7,8). The molecule has 26 heavy (non-hydrogen) atoms. The first-order chi connectivity index (χ1) is 12.5. The lowest BCUT2D eigenvalue weighted by molar-refractivity contribution is -0.134. The lowest BCUT2D eigenvalue weighted by Gasteiger charge is -2.33. The smallest absolute Gasteiger partial charge is 0.328 e. The first-order valence-electron chi connectivity index (χ1n) is 8.93. The molecule has 2 aromatic rings. The molecule has 0 saturated carbocycles. The van der Waals surface area contributed by atoms with Gasteiger partial charge < -0.3 is 20.1 Å². The van der Waals surface area contributed by atoms with E-state index in [1.165, 1.54) is 55.4 Å². The third-order valence-electron chi connectivity index (χ3n) is 4.48. The van der Waals surface area contributed by atoms with Crippen LogP contribution in [0.4, 0.5) is 0 Å². The van der Waals surface area contributed by atoms with E-state index >= 15 is 0 Å². The predicted molar refractivity (Wildman–Crippen MR) is 101 cm³/mol. The second-order valence-corrected chi connectivity index (χ2v) is 6.44. The quantitative estimate of drug-likeness (QED) is 0.712. The molecule has 0 bridgehead atoms. The summed E-state index contributed by atoms with van der Waals surface area (Å²) in [7, 11) is 0. The van der Waals surface area contributed by atoms with E-state index in [2.05, 4.69) is 47.3 Å². The molecule has 3 N–H and O–H groups in total. The second kappa shape index (κ2) is 9.77. The van der Waals surface area contributed by atoms with Crippen LogP contribution in [0.5, 0.6) is 0 Å². The number of aromatic nitrogens is 1. The molecule has 1 aliphatic rings. The molecule has 2 heterocycles. The summed E-state index contributed by atoms with van der Waals surface area (Å²) in [5, 5.41) is 17.0. The van der Waals surface area contributed by atoms with Gasteiger partial charge in [0, 0.05) is 35.8 Å². The maximum atomic E-state index is 9.55. The van der Waals surface area contributed by atoms with Crippen molar-refractivity contribution in [3.63, 3.8) is 0 Å². The summed E-state index contributed by atoms with van der Waals surface area (Å²) in [6.07, 6.45) is 7.11. The van der Waals surface area contributed by atoms with Crippen LogP contribution in [0.1, 0.15) is 37.7 Å². The zero-order chi connectivity index (χ0) is 18.9. The third-order valence-corrected chi connectivity index (χ3v) is 4.48. The van der Waals surface area contributed by atoms with E-state index in [1.54, 1.807) is 0 Å². The SMILES string of the molecule is CCCN1CCCC(c2cccc3[nH]ccc23)C1.O=C(O)C=CC(=O)O. The number of likely N-dealkylation sites (tertiary alicyclic amines) is 1. The molecule has 1 aliphatic heterocycles. The van der Waals surface area contributed by atoms with Gasteiger partial charge in [0.2, 0.25) is 0 Å². The number of H-pyrrole nitrogens is 1. The number of hydrogen-bond donors (Lipinski definition) is 3. The van der Waals surface area contributed by atoms with Crippen molar-refractivity contribution in [2.24, 2.45) is 0 Å². The topological polar surface area (TPSA) is 93.6 Å². The number of fused-ring (bicyclic) bond motifs is 1. The average molecular weight is 358 g/mol. The van der Waals surface area contributed by atoms with Gasteiger partial charge in [-0.25, -0.2) is 9.59 Å². The minimum atomic E-state index is -1.26. The summed E-state index contributed by atoms with van der Waals surface area (Å²) < 4.78 is 0. The number of hydrogen-bond acceptors (Lipinski definition) is 3. The van der Waals surface area contributed by atoms with Crippen LogP contribution in [0.25, 0.3) is 10.9 Å². The Morgan fingerprint density at radius 3 is 2.62 bits per heavy atom. The number of aliphatic carboxylic acids is 2. The van der Waals surface area contributed by atoms with Gasteiger partial charge in [0.15, 0.2) is 0 Å². The Morgan fingerprint density at radius 1 is 1.23 bits per heavy atom. The number of benzene rings is 1. The van der Waals surface area contributed by atoms with Crippen molar-refractivity contribution in [1.29, 1.82) is 0 Å². The monoisotopic (exact) mass is 358 g/mol. The Balaban J connectivity index is 0.000000260. The van der Waals surface area contributed by atoms with Crippen LogP contribution < -0.4 is 0 Å². The Bertz CT molecular complexity index is 748. The van der Waals surface area contributed by atoms with Crippen LogP contribution in [0.2, 0.25) is 0 Å². The molecule has 1 aromatic heterocycles. The van der Waals surface area contributed by atoms with E-state index in [-0.39, 0.29) is 0 Å². The summed E-state index contributed by atoms with van der Waals surface area (Å²) in [6.45, 7) is 6.04.